The molecule has 1 amide bonds. The maximum absolute atomic E-state index is 13.7. The van der Waals surface area contributed by atoms with Gasteiger partial charge in [-0.3, -0.25) is 9.78 Å². The van der Waals surface area contributed by atoms with Gasteiger partial charge in [0, 0.05) is 23.3 Å². The lowest BCUT2D eigenvalue weighted by Crippen LogP contribution is -2.18. The standard InChI is InChI=1S/C22H14F2N4O/c23-18-7-3-8-19(24)17(18)13-26-28-22(29)16-11-21(14-5-4-10-25-12-14)27-20-9-2-1-6-15(16)20/h1-13H,(H,28,29). The number of amides is 1. The van der Waals surface area contributed by atoms with E-state index in [4.69, 9.17) is 0 Å². The fraction of sp³-hybridized carbons (Fsp3) is 0. The average Bonchev–Trinajstić information content (AvgIpc) is 2.75. The molecule has 142 valence electrons. The summed E-state index contributed by atoms with van der Waals surface area (Å²) in [7, 11) is 0. The van der Waals surface area contributed by atoms with Crippen molar-refractivity contribution in [3.63, 3.8) is 0 Å². The minimum atomic E-state index is -0.767. The van der Waals surface area contributed by atoms with Crippen LogP contribution in [0.25, 0.3) is 22.2 Å². The molecule has 4 aromatic rings. The van der Waals surface area contributed by atoms with E-state index in [1.807, 2.05) is 12.1 Å². The minimum absolute atomic E-state index is 0.330. The maximum atomic E-state index is 13.7. The van der Waals surface area contributed by atoms with Crippen LogP contribution in [0.2, 0.25) is 0 Å². The van der Waals surface area contributed by atoms with Crippen molar-refractivity contribution >= 4 is 23.0 Å². The number of rotatable bonds is 4. The van der Waals surface area contributed by atoms with Crippen LogP contribution in [0.1, 0.15) is 15.9 Å². The van der Waals surface area contributed by atoms with E-state index in [0.29, 0.717) is 22.2 Å². The van der Waals surface area contributed by atoms with Gasteiger partial charge in [-0.05, 0) is 36.4 Å². The first-order chi connectivity index (χ1) is 14.1. The van der Waals surface area contributed by atoms with Crippen molar-refractivity contribution in [1.29, 1.82) is 0 Å². The Morgan fingerprint density at radius 3 is 2.55 bits per heavy atom. The van der Waals surface area contributed by atoms with Crippen LogP contribution in [0.3, 0.4) is 0 Å². The first-order valence-corrected chi connectivity index (χ1v) is 8.71. The number of nitrogens with one attached hydrogen (secondary N) is 1. The molecule has 0 radical (unpaired) electrons. The van der Waals surface area contributed by atoms with E-state index >= 15 is 0 Å². The number of nitrogens with zero attached hydrogens (tertiary/aromatic N) is 3. The van der Waals surface area contributed by atoms with E-state index in [1.54, 1.807) is 42.7 Å². The van der Waals surface area contributed by atoms with Gasteiger partial charge in [0.15, 0.2) is 0 Å². The van der Waals surface area contributed by atoms with Gasteiger partial charge in [0.05, 0.1) is 28.6 Å². The Morgan fingerprint density at radius 1 is 1.00 bits per heavy atom. The predicted molar refractivity (Wildman–Crippen MR) is 106 cm³/mol. The summed E-state index contributed by atoms with van der Waals surface area (Å²) in [6, 6.07) is 15.9. The third-order valence-electron chi connectivity index (χ3n) is 4.28. The number of hydrogen-bond acceptors (Lipinski definition) is 4. The highest BCUT2D eigenvalue weighted by Gasteiger charge is 2.14. The molecule has 2 aromatic heterocycles. The summed E-state index contributed by atoms with van der Waals surface area (Å²) >= 11 is 0. The van der Waals surface area contributed by atoms with Gasteiger partial charge in [-0.15, -0.1) is 0 Å². The number of pyridine rings is 2. The molecule has 0 spiro atoms. The molecule has 0 aliphatic carbocycles. The van der Waals surface area contributed by atoms with Crippen molar-refractivity contribution in [1.82, 2.24) is 15.4 Å². The molecule has 0 saturated heterocycles. The van der Waals surface area contributed by atoms with Crippen molar-refractivity contribution in [2.45, 2.75) is 0 Å². The second-order valence-corrected chi connectivity index (χ2v) is 6.15. The van der Waals surface area contributed by atoms with Crippen molar-refractivity contribution in [3.05, 3.63) is 95.8 Å². The zero-order chi connectivity index (χ0) is 20.2. The maximum Gasteiger partial charge on any atom is 0.272 e. The molecule has 0 aliphatic rings. The van der Waals surface area contributed by atoms with Gasteiger partial charge in [0.1, 0.15) is 11.6 Å². The molecule has 2 heterocycles. The fourth-order valence-corrected chi connectivity index (χ4v) is 2.88. The van der Waals surface area contributed by atoms with Crippen LogP contribution in [0.5, 0.6) is 0 Å². The van der Waals surface area contributed by atoms with Gasteiger partial charge < -0.3 is 0 Å². The highest BCUT2D eigenvalue weighted by Crippen LogP contribution is 2.24. The van der Waals surface area contributed by atoms with Crippen LogP contribution in [0.15, 0.2) is 78.2 Å². The molecule has 0 unspecified atom stereocenters. The number of aromatic nitrogens is 2. The Hall–Kier alpha value is -4.00. The summed E-state index contributed by atoms with van der Waals surface area (Å²) in [6.45, 7) is 0. The zero-order valence-corrected chi connectivity index (χ0v) is 15.0. The molecule has 7 heteroatoms. The third-order valence-corrected chi connectivity index (χ3v) is 4.28. The Morgan fingerprint density at radius 2 is 1.79 bits per heavy atom. The molecular weight excluding hydrogens is 374 g/mol. The lowest BCUT2D eigenvalue weighted by Gasteiger charge is -2.08. The number of fused-ring (bicyclic) bond motifs is 1. The highest BCUT2D eigenvalue weighted by atomic mass is 19.1. The summed E-state index contributed by atoms with van der Waals surface area (Å²) in [5.41, 5.74) is 4.29. The predicted octanol–water partition coefficient (Wildman–Crippen LogP) is 4.34. The number of halogens is 2. The molecule has 0 fully saturated rings. The molecule has 2 aromatic carbocycles. The van der Waals surface area contributed by atoms with Gasteiger partial charge >= 0.3 is 0 Å². The molecule has 5 nitrogen and oxygen atoms in total. The topological polar surface area (TPSA) is 67.2 Å². The van der Waals surface area contributed by atoms with Crippen LogP contribution >= 0.6 is 0 Å². The van der Waals surface area contributed by atoms with Gasteiger partial charge in [0.25, 0.3) is 5.91 Å². The number of benzene rings is 2. The number of carbonyl (C=O) groups excluding carboxylic acids is 1. The first-order valence-electron chi connectivity index (χ1n) is 8.71. The van der Waals surface area contributed by atoms with E-state index in [2.05, 4.69) is 20.5 Å². The smallest absolute Gasteiger partial charge is 0.267 e. The molecule has 0 saturated carbocycles. The number of carbonyl (C=O) groups is 1. The molecule has 0 bridgehead atoms. The fourth-order valence-electron chi connectivity index (χ4n) is 2.88. The van der Waals surface area contributed by atoms with E-state index in [0.717, 1.165) is 23.9 Å². The van der Waals surface area contributed by atoms with E-state index < -0.39 is 17.5 Å². The van der Waals surface area contributed by atoms with Crippen molar-refractivity contribution < 1.29 is 13.6 Å². The average molecular weight is 388 g/mol. The number of para-hydroxylation sites is 1. The molecule has 4 rings (SSSR count). The lowest BCUT2D eigenvalue weighted by atomic mass is 10.0. The Balaban J connectivity index is 1.69. The minimum Gasteiger partial charge on any atom is -0.267 e. The number of hydrogen-bond donors (Lipinski definition) is 1. The van der Waals surface area contributed by atoms with E-state index in [-0.39, 0.29) is 5.56 Å². The molecule has 0 atom stereocenters. The van der Waals surface area contributed by atoms with Crippen LogP contribution in [-0.2, 0) is 0 Å². The van der Waals surface area contributed by atoms with Crippen molar-refractivity contribution in [2.75, 3.05) is 0 Å². The SMILES string of the molecule is O=C(NN=Cc1c(F)cccc1F)c1cc(-c2cccnc2)nc2ccccc12. The molecule has 0 aliphatic heterocycles. The van der Waals surface area contributed by atoms with E-state index in [1.165, 1.54) is 6.07 Å². The summed E-state index contributed by atoms with van der Waals surface area (Å²) in [5.74, 6) is -2.06. The monoisotopic (exact) mass is 388 g/mol. The third kappa shape index (κ3) is 3.84. The van der Waals surface area contributed by atoms with Crippen LogP contribution in [0, 0.1) is 11.6 Å². The van der Waals surface area contributed by atoms with E-state index in [9.17, 15) is 13.6 Å². The molecule has 29 heavy (non-hydrogen) atoms. The number of hydrazone groups is 1. The summed E-state index contributed by atoms with van der Waals surface area (Å²) in [6.07, 6.45) is 4.24. The van der Waals surface area contributed by atoms with Crippen LogP contribution < -0.4 is 5.43 Å². The van der Waals surface area contributed by atoms with Crippen LogP contribution in [-0.4, -0.2) is 22.1 Å². The summed E-state index contributed by atoms with van der Waals surface area (Å²) in [5, 5.41) is 4.34. The Kier molecular flexibility index (Phi) is 5.03. The van der Waals surface area contributed by atoms with Crippen LogP contribution in [0.4, 0.5) is 8.78 Å². The second-order valence-electron chi connectivity index (χ2n) is 6.15. The quantitative estimate of drug-likeness (QED) is 0.418. The first kappa shape index (κ1) is 18.4. The van der Waals surface area contributed by atoms with Crippen molar-refractivity contribution in [2.24, 2.45) is 5.10 Å². The van der Waals surface area contributed by atoms with Gasteiger partial charge in [-0.25, -0.2) is 19.2 Å². The molecular formula is C22H14F2N4O. The van der Waals surface area contributed by atoms with Gasteiger partial charge in [-0.2, -0.15) is 5.10 Å². The largest absolute Gasteiger partial charge is 0.272 e. The van der Waals surface area contributed by atoms with Crippen molar-refractivity contribution in [3.8, 4) is 11.3 Å². The van der Waals surface area contributed by atoms with Gasteiger partial charge in [-0.1, -0.05) is 24.3 Å². The lowest BCUT2D eigenvalue weighted by molar-refractivity contribution is 0.0956. The molecule has 1 N–H and O–H groups in total. The highest BCUT2D eigenvalue weighted by molar-refractivity contribution is 6.07. The zero-order valence-electron chi connectivity index (χ0n) is 15.0. The second kappa shape index (κ2) is 7.93. The van der Waals surface area contributed by atoms with Gasteiger partial charge in [0.2, 0.25) is 0 Å². The Bertz CT molecular complexity index is 1210. The Labute approximate surface area is 164 Å². The normalized spacial score (nSPS) is 11.1. The summed E-state index contributed by atoms with van der Waals surface area (Å²) < 4.78 is 27.4. The summed E-state index contributed by atoms with van der Waals surface area (Å²) in [4.78, 5) is 21.4.